The van der Waals surface area contributed by atoms with E-state index >= 15 is 0 Å². The summed E-state index contributed by atoms with van der Waals surface area (Å²) in [6.45, 7) is 0.0427. The van der Waals surface area contributed by atoms with Gasteiger partial charge in [0.05, 0.1) is 12.1 Å². The summed E-state index contributed by atoms with van der Waals surface area (Å²) in [4.78, 5) is 22.8. The summed E-state index contributed by atoms with van der Waals surface area (Å²) >= 11 is 0. The second-order valence-corrected chi connectivity index (χ2v) is 5.68. The molecule has 1 aromatic carbocycles. The number of hydrogen-bond acceptors (Lipinski definition) is 3. The smallest absolute Gasteiger partial charge is 0.303 e. The standard InChI is InChI=1S/C17H23NO4/c19-16(12-22-14-8-4-5-9-14)18-15(10-11-17(20)21)13-6-2-1-3-7-13/h1-3,6-7,14-15H,4-5,8-12H2,(H,18,19)(H,20,21). The molecular weight excluding hydrogens is 282 g/mol. The highest BCUT2D eigenvalue weighted by Gasteiger charge is 2.19. The Kier molecular flexibility index (Phi) is 6.40. The van der Waals surface area contributed by atoms with Crippen molar-refractivity contribution in [2.45, 2.75) is 50.7 Å². The van der Waals surface area contributed by atoms with Crippen LogP contribution >= 0.6 is 0 Å². The number of hydrogen-bond donors (Lipinski definition) is 2. The van der Waals surface area contributed by atoms with Crippen LogP contribution in [-0.4, -0.2) is 29.7 Å². The lowest BCUT2D eigenvalue weighted by molar-refractivity contribution is -0.137. The largest absolute Gasteiger partial charge is 0.481 e. The van der Waals surface area contributed by atoms with Gasteiger partial charge in [-0.05, 0) is 24.8 Å². The molecule has 1 aromatic rings. The van der Waals surface area contributed by atoms with Crippen molar-refractivity contribution in [1.82, 2.24) is 5.32 Å². The van der Waals surface area contributed by atoms with Crippen LogP contribution in [0.5, 0.6) is 0 Å². The Morgan fingerprint density at radius 3 is 2.55 bits per heavy atom. The molecule has 0 spiro atoms. The fourth-order valence-corrected chi connectivity index (χ4v) is 2.76. The van der Waals surface area contributed by atoms with E-state index in [1.54, 1.807) is 0 Å². The fourth-order valence-electron chi connectivity index (χ4n) is 2.76. The van der Waals surface area contributed by atoms with E-state index < -0.39 is 5.97 Å². The summed E-state index contributed by atoms with van der Waals surface area (Å²) in [6.07, 6.45) is 4.95. The maximum absolute atomic E-state index is 12.0. The number of carbonyl (C=O) groups excluding carboxylic acids is 1. The molecule has 1 saturated carbocycles. The molecule has 0 bridgehead atoms. The molecule has 0 aromatic heterocycles. The number of rotatable bonds is 8. The minimum absolute atomic E-state index is 0.0172. The van der Waals surface area contributed by atoms with Crippen LogP contribution in [0.4, 0.5) is 0 Å². The normalized spacial score (nSPS) is 16.4. The number of carboxylic acids is 1. The molecular formula is C17H23NO4. The van der Waals surface area contributed by atoms with Crippen molar-refractivity contribution in [2.75, 3.05) is 6.61 Å². The van der Waals surface area contributed by atoms with E-state index in [-0.39, 0.29) is 31.1 Å². The van der Waals surface area contributed by atoms with E-state index in [4.69, 9.17) is 9.84 Å². The van der Waals surface area contributed by atoms with Crippen molar-refractivity contribution >= 4 is 11.9 Å². The van der Waals surface area contributed by atoms with Gasteiger partial charge >= 0.3 is 5.97 Å². The summed E-state index contributed by atoms with van der Waals surface area (Å²) in [6, 6.07) is 9.14. The van der Waals surface area contributed by atoms with Gasteiger partial charge in [0.2, 0.25) is 5.91 Å². The van der Waals surface area contributed by atoms with Crippen molar-refractivity contribution in [1.29, 1.82) is 0 Å². The highest BCUT2D eigenvalue weighted by atomic mass is 16.5. The average molecular weight is 305 g/mol. The van der Waals surface area contributed by atoms with Crippen LogP contribution in [0.15, 0.2) is 30.3 Å². The number of ether oxygens (including phenoxy) is 1. The quantitative estimate of drug-likeness (QED) is 0.774. The van der Waals surface area contributed by atoms with E-state index in [1.807, 2.05) is 30.3 Å². The molecule has 0 aliphatic heterocycles. The van der Waals surface area contributed by atoms with E-state index in [0.29, 0.717) is 6.42 Å². The van der Waals surface area contributed by atoms with Gasteiger partial charge in [-0.15, -0.1) is 0 Å². The lowest BCUT2D eigenvalue weighted by Gasteiger charge is -2.19. The minimum Gasteiger partial charge on any atom is -0.481 e. The number of carbonyl (C=O) groups is 2. The predicted molar refractivity (Wildman–Crippen MR) is 82.4 cm³/mol. The van der Waals surface area contributed by atoms with E-state index in [9.17, 15) is 9.59 Å². The number of aliphatic carboxylic acids is 1. The number of benzene rings is 1. The van der Waals surface area contributed by atoms with Gasteiger partial charge in [0.1, 0.15) is 6.61 Å². The summed E-state index contributed by atoms with van der Waals surface area (Å²) < 4.78 is 5.60. The SMILES string of the molecule is O=C(O)CCC(NC(=O)COC1CCCC1)c1ccccc1. The molecule has 5 heteroatoms. The first-order chi connectivity index (χ1) is 10.6. The minimum atomic E-state index is -0.864. The molecule has 2 rings (SSSR count). The van der Waals surface area contributed by atoms with Gasteiger partial charge in [-0.3, -0.25) is 9.59 Å². The van der Waals surface area contributed by atoms with Crippen LogP contribution in [0, 0.1) is 0 Å². The first-order valence-corrected chi connectivity index (χ1v) is 7.83. The molecule has 1 unspecified atom stereocenters. The molecule has 1 aliphatic rings. The Bertz CT molecular complexity index is 483. The molecule has 0 radical (unpaired) electrons. The molecule has 1 atom stereocenters. The van der Waals surface area contributed by atoms with Crippen molar-refractivity contribution < 1.29 is 19.4 Å². The zero-order valence-electron chi connectivity index (χ0n) is 12.7. The molecule has 120 valence electrons. The van der Waals surface area contributed by atoms with Crippen LogP contribution in [0.2, 0.25) is 0 Å². The van der Waals surface area contributed by atoms with Crippen LogP contribution in [0.25, 0.3) is 0 Å². The molecule has 0 heterocycles. The number of carboxylic acid groups (broad SMARTS) is 1. The van der Waals surface area contributed by atoms with Crippen molar-refractivity contribution in [2.24, 2.45) is 0 Å². The summed E-state index contributed by atoms with van der Waals surface area (Å²) in [5.74, 6) is -1.05. The number of amides is 1. The third kappa shape index (κ3) is 5.48. The van der Waals surface area contributed by atoms with Crippen LogP contribution in [0.3, 0.4) is 0 Å². The van der Waals surface area contributed by atoms with E-state index in [1.165, 1.54) is 0 Å². The lowest BCUT2D eigenvalue weighted by atomic mass is 10.0. The topological polar surface area (TPSA) is 75.6 Å². The number of nitrogens with one attached hydrogen (secondary N) is 1. The van der Waals surface area contributed by atoms with E-state index in [0.717, 1.165) is 31.2 Å². The van der Waals surface area contributed by atoms with Gasteiger partial charge in [0.25, 0.3) is 0 Å². The Labute approximate surface area is 130 Å². The van der Waals surface area contributed by atoms with E-state index in [2.05, 4.69) is 5.32 Å². The Hall–Kier alpha value is -1.88. The summed E-state index contributed by atoms with van der Waals surface area (Å²) in [5.41, 5.74) is 0.915. The maximum atomic E-state index is 12.0. The second-order valence-electron chi connectivity index (χ2n) is 5.68. The van der Waals surface area contributed by atoms with Gasteiger partial charge in [-0.25, -0.2) is 0 Å². The predicted octanol–water partition coefficient (Wildman–Crippen LogP) is 2.67. The zero-order chi connectivity index (χ0) is 15.8. The summed E-state index contributed by atoms with van der Waals surface area (Å²) in [7, 11) is 0. The molecule has 1 amide bonds. The maximum Gasteiger partial charge on any atom is 0.303 e. The lowest BCUT2D eigenvalue weighted by Crippen LogP contribution is -2.33. The van der Waals surface area contributed by atoms with Gasteiger partial charge in [0.15, 0.2) is 0 Å². The fraction of sp³-hybridized carbons (Fsp3) is 0.529. The molecule has 2 N–H and O–H groups in total. The highest BCUT2D eigenvalue weighted by molar-refractivity contribution is 5.77. The van der Waals surface area contributed by atoms with Crippen molar-refractivity contribution in [3.63, 3.8) is 0 Å². The van der Waals surface area contributed by atoms with Crippen LogP contribution < -0.4 is 5.32 Å². The first-order valence-electron chi connectivity index (χ1n) is 7.83. The zero-order valence-corrected chi connectivity index (χ0v) is 12.7. The monoisotopic (exact) mass is 305 g/mol. The Morgan fingerprint density at radius 2 is 1.91 bits per heavy atom. The van der Waals surface area contributed by atoms with Crippen LogP contribution in [0.1, 0.15) is 50.1 Å². The van der Waals surface area contributed by atoms with Gasteiger partial charge in [0, 0.05) is 6.42 Å². The first kappa shape index (κ1) is 16.5. The Morgan fingerprint density at radius 1 is 1.23 bits per heavy atom. The van der Waals surface area contributed by atoms with Crippen molar-refractivity contribution in [3.05, 3.63) is 35.9 Å². The third-order valence-electron chi connectivity index (χ3n) is 3.94. The van der Waals surface area contributed by atoms with Gasteiger partial charge in [-0.2, -0.15) is 0 Å². The Balaban J connectivity index is 1.87. The average Bonchev–Trinajstić information content (AvgIpc) is 3.03. The highest BCUT2D eigenvalue weighted by Crippen LogP contribution is 2.21. The van der Waals surface area contributed by atoms with Crippen molar-refractivity contribution in [3.8, 4) is 0 Å². The third-order valence-corrected chi connectivity index (χ3v) is 3.94. The molecule has 5 nitrogen and oxygen atoms in total. The summed E-state index contributed by atoms with van der Waals surface area (Å²) in [5, 5.41) is 11.7. The second kappa shape index (κ2) is 8.54. The molecule has 0 saturated heterocycles. The molecule has 1 fully saturated rings. The van der Waals surface area contributed by atoms with Gasteiger partial charge < -0.3 is 15.2 Å². The molecule has 1 aliphatic carbocycles. The molecule has 22 heavy (non-hydrogen) atoms. The van der Waals surface area contributed by atoms with Gasteiger partial charge in [-0.1, -0.05) is 43.2 Å². The van der Waals surface area contributed by atoms with Crippen LogP contribution in [-0.2, 0) is 14.3 Å².